The van der Waals surface area contributed by atoms with Crippen LogP contribution in [0.5, 0.6) is 0 Å². The van der Waals surface area contributed by atoms with E-state index >= 15 is 0 Å². The molecular weight excluding hydrogens is 272 g/mol. The molecule has 0 aromatic carbocycles. The lowest BCUT2D eigenvalue weighted by Gasteiger charge is -2.23. The van der Waals surface area contributed by atoms with Crippen LogP contribution in [0.3, 0.4) is 0 Å². The van der Waals surface area contributed by atoms with Crippen LogP contribution in [0.15, 0.2) is 6.07 Å². The maximum atomic E-state index is 12.1. The second-order valence-corrected chi connectivity index (χ2v) is 6.82. The fourth-order valence-electron chi connectivity index (χ4n) is 2.54. The highest BCUT2D eigenvalue weighted by Gasteiger charge is 2.17. The van der Waals surface area contributed by atoms with E-state index in [-0.39, 0.29) is 24.2 Å². The van der Waals surface area contributed by atoms with E-state index in [1.54, 1.807) is 11.3 Å². The highest BCUT2D eigenvalue weighted by molar-refractivity contribution is 7.12. The third-order valence-electron chi connectivity index (χ3n) is 3.58. The van der Waals surface area contributed by atoms with Crippen LogP contribution in [0.4, 0.5) is 0 Å². The van der Waals surface area contributed by atoms with E-state index in [9.17, 15) is 9.59 Å². The number of Topliss-reactive ketones (excluding diaryl/α,β-unsaturated/α-hetero) is 1. The average molecular weight is 294 g/mol. The Morgan fingerprint density at radius 3 is 2.80 bits per heavy atom. The van der Waals surface area contributed by atoms with Crippen molar-refractivity contribution in [3.8, 4) is 0 Å². The monoisotopic (exact) mass is 294 g/mol. The largest absolute Gasteiger partial charge is 0.352 e. The summed E-state index contributed by atoms with van der Waals surface area (Å²) in [7, 11) is 0. The number of ketones is 1. The summed E-state index contributed by atoms with van der Waals surface area (Å²) in [6.07, 6.45) is 2.69. The second-order valence-electron chi connectivity index (χ2n) is 5.36. The van der Waals surface area contributed by atoms with Crippen molar-refractivity contribution in [2.24, 2.45) is 0 Å². The standard InChI is InChI=1S/C15H22N2O2S/c1-10-8-13(11(2)20-10)14(18)5-6-15(19)17-12-4-3-7-16-9-12/h8,12,16H,3-7,9H2,1-2H3,(H,17,19). The minimum Gasteiger partial charge on any atom is -0.352 e. The molecule has 0 aliphatic carbocycles. The summed E-state index contributed by atoms with van der Waals surface area (Å²) in [6, 6.07) is 2.14. The number of carbonyl (C=O) groups excluding carboxylic acids is 2. The third kappa shape index (κ3) is 4.15. The van der Waals surface area contributed by atoms with E-state index in [0.717, 1.165) is 41.2 Å². The fraction of sp³-hybridized carbons (Fsp3) is 0.600. The van der Waals surface area contributed by atoms with Crippen molar-refractivity contribution < 1.29 is 9.59 Å². The van der Waals surface area contributed by atoms with Crippen LogP contribution in [0.2, 0.25) is 0 Å². The molecule has 2 heterocycles. The molecule has 1 aliphatic rings. The van der Waals surface area contributed by atoms with Gasteiger partial charge in [0.05, 0.1) is 0 Å². The Balaban J connectivity index is 1.78. The van der Waals surface area contributed by atoms with E-state index in [1.807, 2.05) is 19.9 Å². The van der Waals surface area contributed by atoms with Crippen molar-refractivity contribution >= 4 is 23.0 Å². The van der Waals surface area contributed by atoms with E-state index < -0.39 is 0 Å². The number of carbonyl (C=O) groups is 2. The molecule has 2 rings (SSSR count). The third-order valence-corrected chi connectivity index (χ3v) is 4.55. The van der Waals surface area contributed by atoms with E-state index in [1.165, 1.54) is 0 Å². The minimum atomic E-state index is -0.0170. The van der Waals surface area contributed by atoms with Crippen LogP contribution in [0, 0.1) is 13.8 Å². The molecule has 0 saturated carbocycles. The molecule has 1 unspecified atom stereocenters. The Morgan fingerprint density at radius 1 is 1.40 bits per heavy atom. The summed E-state index contributed by atoms with van der Waals surface area (Å²) in [6.45, 7) is 5.82. The van der Waals surface area contributed by atoms with E-state index in [0.29, 0.717) is 6.42 Å². The Labute approximate surface area is 124 Å². The van der Waals surface area contributed by atoms with Crippen LogP contribution >= 0.6 is 11.3 Å². The molecule has 1 atom stereocenters. The first-order chi connectivity index (χ1) is 9.56. The van der Waals surface area contributed by atoms with Crippen LogP contribution in [-0.4, -0.2) is 30.8 Å². The fourth-order valence-corrected chi connectivity index (χ4v) is 3.49. The van der Waals surface area contributed by atoms with Crippen molar-refractivity contribution in [1.82, 2.24) is 10.6 Å². The first-order valence-corrected chi connectivity index (χ1v) is 7.98. The number of rotatable bonds is 5. The molecule has 20 heavy (non-hydrogen) atoms. The number of thiophene rings is 1. The predicted octanol–water partition coefficient (Wildman–Crippen LogP) is 2.20. The zero-order chi connectivity index (χ0) is 14.5. The van der Waals surface area contributed by atoms with Crippen molar-refractivity contribution in [3.05, 3.63) is 21.4 Å². The van der Waals surface area contributed by atoms with Gasteiger partial charge in [0.1, 0.15) is 0 Å². The van der Waals surface area contributed by atoms with Gasteiger partial charge >= 0.3 is 0 Å². The molecule has 2 N–H and O–H groups in total. The molecule has 1 amide bonds. The number of piperidine rings is 1. The lowest BCUT2D eigenvalue weighted by atomic mass is 10.1. The first-order valence-electron chi connectivity index (χ1n) is 7.16. The normalized spacial score (nSPS) is 18.8. The summed E-state index contributed by atoms with van der Waals surface area (Å²) in [4.78, 5) is 26.1. The van der Waals surface area contributed by atoms with Crippen molar-refractivity contribution in [1.29, 1.82) is 0 Å². The molecule has 1 fully saturated rings. The zero-order valence-electron chi connectivity index (χ0n) is 12.1. The Kier molecular flexibility index (Phi) is 5.31. The summed E-state index contributed by atoms with van der Waals surface area (Å²) in [5, 5.41) is 6.26. The van der Waals surface area contributed by atoms with Gasteiger partial charge in [0, 0.05) is 40.7 Å². The van der Waals surface area contributed by atoms with Crippen molar-refractivity contribution in [3.63, 3.8) is 0 Å². The summed E-state index contributed by atoms with van der Waals surface area (Å²) in [5.74, 6) is 0.0559. The van der Waals surface area contributed by atoms with Crippen LogP contribution in [0.1, 0.15) is 45.8 Å². The van der Waals surface area contributed by atoms with Crippen LogP contribution < -0.4 is 10.6 Å². The maximum Gasteiger partial charge on any atom is 0.220 e. The SMILES string of the molecule is Cc1cc(C(=O)CCC(=O)NC2CCCNC2)c(C)s1. The molecular formula is C15H22N2O2S. The predicted molar refractivity (Wildman–Crippen MR) is 81.4 cm³/mol. The molecule has 0 bridgehead atoms. The van der Waals surface area contributed by atoms with Gasteiger partial charge in [-0.3, -0.25) is 9.59 Å². The van der Waals surface area contributed by atoms with Gasteiger partial charge in [-0.15, -0.1) is 11.3 Å². The molecule has 5 heteroatoms. The first kappa shape index (κ1) is 15.2. The van der Waals surface area contributed by atoms with Gasteiger partial charge in [0.25, 0.3) is 0 Å². The van der Waals surface area contributed by atoms with Gasteiger partial charge in [-0.25, -0.2) is 0 Å². The van der Waals surface area contributed by atoms with Gasteiger partial charge in [-0.1, -0.05) is 0 Å². The molecule has 0 radical (unpaired) electrons. The molecule has 110 valence electrons. The highest BCUT2D eigenvalue weighted by Crippen LogP contribution is 2.22. The smallest absolute Gasteiger partial charge is 0.220 e. The van der Waals surface area contributed by atoms with E-state index in [2.05, 4.69) is 10.6 Å². The molecule has 4 nitrogen and oxygen atoms in total. The van der Waals surface area contributed by atoms with Crippen LogP contribution in [-0.2, 0) is 4.79 Å². The van der Waals surface area contributed by atoms with Gasteiger partial charge in [0.15, 0.2) is 5.78 Å². The van der Waals surface area contributed by atoms with Crippen LogP contribution in [0.25, 0.3) is 0 Å². The van der Waals surface area contributed by atoms with Gasteiger partial charge in [0.2, 0.25) is 5.91 Å². The highest BCUT2D eigenvalue weighted by atomic mass is 32.1. The summed E-state index contributed by atoms with van der Waals surface area (Å²) >= 11 is 1.63. The van der Waals surface area contributed by atoms with Gasteiger partial charge in [-0.05, 0) is 39.3 Å². The Morgan fingerprint density at radius 2 is 2.20 bits per heavy atom. The molecule has 1 aromatic rings. The number of hydrogen-bond acceptors (Lipinski definition) is 4. The summed E-state index contributed by atoms with van der Waals surface area (Å²) in [5.41, 5.74) is 0.777. The Bertz CT molecular complexity index is 490. The van der Waals surface area contributed by atoms with Crippen molar-refractivity contribution in [2.75, 3.05) is 13.1 Å². The molecule has 0 spiro atoms. The average Bonchev–Trinajstić information content (AvgIpc) is 2.76. The van der Waals surface area contributed by atoms with Gasteiger partial charge < -0.3 is 10.6 Å². The number of hydrogen-bond donors (Lipinski definition) is 2. The van der Waals surface area contributed by atoms with Gasteiger partial charge in [-0.2, -0.15) is 0 Å². The number of nitrogens with one attached hydrogen (secondary N) is 2. The zero-order valence-corrected chi connectivity index (χ0v) is 12.9. The minimum absolute atomic E-state index is 0.0170. The topological polar surface area (TPSA) is 58.2 Å². The quantitative estimate of drug-likeness (QED) is 0.819. The number of amides is 1. The van der Waals surface area contributed by atoms with Crippen molar-refractivity contribution in [2.45, 2.75) is 45.6 Å². The lowest BCUT2D eigenvalue weighted by molar-refractivity contribution is -0.121. The molecule has 1 saturated heterocycles. The lowest BCUT2D eigenvalue weighted by Crippen LogP contribution is -2.45. The number of aryl methyl sites for hydroxylation is 2. The maximum absolute atomic E-state index is 12.1. The Hall–Kier alpha value is -1.20. The molecule has 1 aromatic heterocycles. The van der Waals surface area contributed by atoms with E-state index in [4.69, 9.17) is 0 Å². The molecule has 1 aliphatic heterocycles. The summed E-state index contributed by atoms with van der Waals surface area (Å²) < 4.78 is 0. The second kappa shape index (κ2) is 6.99.